The maximum Gasteiger partial charge on any atom is 0.135 e. The summed E-state index contributed by atoms with van der Waals surface area (Å²) in [5.74, 6) is 0.938. The van der Waals surface area contributed by atoms with Crippen LogP contribution in [0.4, 0.5) is 0 Å². The Morgan fingerprint density at radius 2 is 1.41 bits per heavy atom. The molecule has 0 bridgehead atoms. The highest BCUT2D eigenvalue weighted by atomic mass is 16.3. The van der Waals surface area contributed by atoms with Crippen LogP contribution >= 0.6 is 0 Å². The summed E-state index contributed by atoms with van der Waals surface area (Å²) in [6.07, 6.45) is 0.911. The topological polar surface area (TPSA) is 13.1 Å². The summed E-state index contributed by atoms with van der Waals surface area (Å²) < 4.78 is 6.03. The molecule has 1 aromatic heterocycles. The monoisotopic (exact) mass is 284 g/mol. The van der Waals surface area contributed by atoms with Gasteiger partial charge in [0.15, 0.2) is 0 Å². The SMILES string of the molecule is c1ccc(Cc2ccccc2-c2cc3ccccc3o2)cc1. The fourth-order valence-corrected chi connectivity index (χ4v) is 2.85. The molecule has 0 aliphatic rings. The lowest BCUT2D eigenvalue weighted by Crippen LogP contribution is -1.91. The normalized spacial score (nSPS) is 10.9. The van der Waals surface area contributed by atoms with Crippen molar-refractivity contribution in [1.82, 2.24) is 0 Å². The van der Waals surface area contributed by atoms with Gasteiger partial charge >= 0.3 is 0 Å². The highest BCUT2D eigenvalue weighted by Gasteiger charge is 2.10. The molecule has 0 N–H and O–H groups in total. The van der Waals surface area contributed by atoms with Crippen molar-refractivity contribution in [3.63, 3.8) is 0 Å². The Balaban J connectivity index is 1.78. The molecule has 4 rings (SSSR count). The van der Waals surface area contributed by atoms with E-state index in [9.17, 15) is 0 Å². The molecule has 0 fully saturated rings. The van der Waals surface area contributed by atoms with Gasteiger partial charge in [0.25, 0.3) is 0 Å². The number of hydrogen-bond donors (Lipinski definition) is 0. The smallest absolute Gasteiger partial charge is 0.135 e. The van der Waals surface area contributed by atoms with Gasteiger partial charge in [-0.15, -0.1) is 0 Å². The lowest BCUT2D eigenvalue weighted by atomic mass is 9.98. The summed E-state index contributed by atoms with van der Waals surface area (Å²) in [6.45, 7) is 0. The number of fused-ring (bicyclic) bond motifs is 1. The maximum atomic E-state index is 6.03. The molecule has 0 aliphatic carbocycles. The molecule has 0 atom stereocenters. The van der Waals surface area contributed by atoms with Gasteiger partial charge in [0.05, 0.1) is 0 Å². The summed E-state index contributed by atoms with van der Waals surface area (Å²) in [5, 5.41) is 1.15. The number of para-hydroxylation sites is 1. The third-order valence-electron chi connectivity index (χ3n) is 3.95. The van der Waals surface area contributed by atoms with Crippen LogP contribution in [0.25, 0.3) is 22.3 Å². The summed E-state index contributed by atoms with van der Waals surface area (Å²) in [7, 11) is 0. The molecule has 0 radical (unpaired) electrons. The van der Waals surface area contributed by atoms with Crippen molar-refractivity contribution in [1.29, 1.82) is 0 Å². The van der Waals surface area contributed by atoms with Gasteiger partial charge in [-0.3, -0.25) is 0 Å². The number of furan rings is 1. The molecule has 1 heteroatoms. The van der Waals surface area contributed by atoms with Crippen LogP contribution in [0.2, 0.25) is 0 Å². The predicted octanol–water partition coefficient (Wildman–Crippen LogP) is 5.69. The molecule has 3 aromatic carbocycles. The molecular weight excluding hydrogens is 268 g/mol. The van der Waals surface area contributed by atoms with Crippen LogP contribution in [0.5, 0.6) is 0 Å². The molecule has 4 aromatic rings. The van der Waals surface area contributed by atoms with E-state index in [4.69, 9.17) is 4.42 Å². The molecule has 0 spiro atoms. The molecule has 0 saturated carbocycles. The standard InChI is InChI=1S/C21H16O/c1-2-8-16(9-3-1)14-17-10-4-6-12-19(17)21-15-18-11-5-7-13-20(18)22-21/h1-13,15H,14H2. The first-order valence-corrected chi connectivity index (χ1v) is 7.51. The predicted molar refractivity (Wildman–Crippen MR) is 90.9 cm³/mol. The Kier molecular flexibility index (Phi) is 3.24. The van der Waals surface area contributed by atoms with Crippen molar-refractivity contribution >= 4 is 11.0 Å². The van der Waals surface area contributed by atoms with Gasteiger partial charge < -0.3 is 4.42 Å². The average Bonchev–Trinajstić information content (AvgIpc) is 3.00. The zero-order valence-corrected chi connectivity index (χ0v) is 12.2. The zero-order valence-electron chi connectivity index (χ0n) is 12.2. The first-order valence-electron chi connectivity index (χ1n) is 7.51. The quantitative estimate of drug-likeness (QED) is 0.471. The number of benzene rings is 3. The van der Waals surface area contributed by atoms with Crippen molar-refractivity contribution in [2.75, 3.05) is 0 Å². The minimum absolute atomic E-state index is 0.911. The maximum absolute atomic E-state index is 6.03. The van der Waals surface area contributed by atoms with Crippen molar-refractivity contribution in [2.24, 2.45) is 0 Å². The largest absolute Gasteiger partial charge is 0.456 e. The molecule has 22 heavy (non-hydrogen) atoms. The van der Waals surface area contributed by atoms with Gasteiger partial charge in [0, 0.05) is 10.9 Å². The molecule has 1 nitrogen and oxygen atoms in total. The lowest BCUT2D eigenvalue weighted by molar-refractivity contribution is 0.631. The number of rotatable bonds is 3. The van der Waals surface area contributed by atoms with E-state index in [1.54, 1.807) is 0 Å². The lowest BCUT2D eigenvalue weighted by Gasteiger charge is -2.07. The molecule has 106 valence electrons. The fourth-order valence-electron chi connectivity index (χ4n) is 2.85. The van der Waals surface area contributed by atoms with Crippen LogP contribution in [0.15, 0.2) is 89.3 Å². The summed E-state index contributed by atoms with van der Waals surface area (Å²) in [5.41, 5.74) is 4.70. The summed E-state index contributed by atoms with van der Waals surface area (Å²) in [6, 6.07) is 29.3. The van der Waals surface area contributed by atoms with E-state index in [0.717, 1.165) is 23.2 Å². The van der Waals surface area contributed by atoms with Crippen molar-refractivity contribution in [3.05, 3.63) is 96.1 Å². The Morgan fingerprint density at radius 1 is 0.682 bits per heavy atom. The third kappa shape index (κ3) is 2.42. The van der Waals surface area contributed by atoms with Crippen LogP contribution in [0.3, 0.4) is 0 Å². The molecular formula is C21H16O. The van der Waals surface area contributed by atoms with E-state index in [0.29, 0.717) is 0 Å². The van der Waals surface area contributed by atoms with E-state index in [-0.39, 0.29) is 0 Å². The van der Waals surface area contributed by atoms with Gasteiger partial charge in [-0.05, 0) is 29.7 Å². The molecule has 0 unspecified atom stereocenters. The van der Waals surface area contributed by atoms with Gasteiger partial charge in [-0.2, -0.15) is 0 Å². The van der Waals surface area contributed by atoms with Crippen molar-refractivity contribution in [3.8, 4) is 11.3 Å². The number of hydrogen-bond acceptors (Lipinski definition) is 1. The van der Waals surface area contributed by atoms with Gasteiger partial charge in [0.2, 0.25) is 0 Å². The highest BCUT2D eigenvalue weighted by molar-refractivity contribution is 5.83. The minimum atomic E-state index is 0.911. The van der Waals surface area contributed by atoms with Crippen LogP contribution in [0, 0.1) is 0 Å². The Morgan fingerprint density at radius 3 is 2.27 bits per heavy atom. The molecule has 0 aliphatic heterocycles. The van der Waals surface area contributed by atoms with Crippen LogP contribution in [-0.2, 0) is 6.42 Å². The Bertz CT molecular complexity index is 870. The first kappa shape index (κ1) is 12.9. The molecule has 0 amide bonds. The second-order valence-electron chi connectivity index (χ2n) is 5.47. The van der Waals surface area contributed by atoms with E-state index < -0.39 is 0 Å². The van der Waals surface area contributed by atoms with Gasteiger partial charge in [-0.25, -0.2) is 0 Å². The Hall–Kier alpha value is -2.80. The van der Waals surface area contributed by atoms with Crippen molar-refractivity contribution in [2.45, 2.75) is 6.42 Å². The summed E-state index contributed by atoms with van der Waals surface area (Å²) in [4.78, 5) is 0. The van der Waals surface area contributed by atoms with Crippen LogP contribution in [0.1, 0.15) is 11.1 Å². The van der Waals surface area contributed by atoms with Crippen molar-refractivity contribution < 1.29 is 4.42 Å². The van der Waals surface area contributed by atoms with Gasteiger partial charge in [-0.1, -0.05) is 72.8 Å². The van der Waals surface area contributed by atoms with E-state index in [1.165, 1.54) is 16.7 Å². The average molecular weight is 284 g/mol. The highest BCUT2D eigenvalue weighted by Crippen LogP contribution is 2.31. The second-order valence-corrected chi connectivity index (χ2v) is 5.47. The van der Waals surface area contributed by atoms with Crippen LogP contribution in [-0.4, -0.2) is 0 Å². The second kappa shape index (κ2) is 5.53. The first-order chi connectivity index (χ1) is 10.9. The molecule has 0 saturated heterocycles. The van der Waals surface area contributed by atoms with Gasteiger partial charge in [0.1, 0.15) is 11.3 Å². The Labute approximate surface area is 129 Å². The summed E-state index contributed by atoms with van der Waals surface area (Å²) >= 11 is 0. The minimum Gasteiger partial charge on any atom is -0.456 e. The molecule has 1 heterocycles. The van der Waals surface area contributed by atoms with E-state index >= 15 is 0 Å². The van der Waals surface area contributed by atoms with E-state index in [2.05, 4.69) is 66.7 Å². The van der Waals surface area contributed by atoms with Crippen LogP contribution < -0.4 is 0 Å². The van der Waals surface area contributed by atoms with E-state index in [1.807, 2.05) is 18.2 Å². The third-order valence-corrected chi connectivity index (χ3v) is 3.95. The fraction of sp³-hybridized carbons (Fsp3) is 0.0476. The zero-order chi connectivity index (χ0) is 14.8.